The van der Waals surface area contributed by atoms with Crippen molar-refractivity contribution >= 4 is 44.1 Å². The fourth-order valence-corrected chi connectivity index (χ4v) is 5.97. The van der Waals surface area contributed by atoms with E-state index < -0.39 is 23.5 Å². The third-order valence-electron chi connectivity index (χ3n) is 7.08. The van der Waals surface area contributed by atoms with Crippen molar-refractivity contribution in [3.05, 3.63) is 83.2 Å². The van der Waals surface area contributed by atoms with Gasteiger partial charge in [-0.3, -0.25) is 14.5 Å². The van der Waals surface area contributed by atoms with Crippen LogP contribution in [0.15, 0.2) is 66.2 Å². The van der Waals surface area contributed by atoms with Crippen LogP contribution in [0.3, 0.4) is 0 Å². The first-order valence-electron chi connectivity index (χ1n) is 14.3. The molecule has 3 aromatic carbocycles. The predicted octanol–water partition coefficient (Wildman–Crippen LogP) is 7.43. The van der Waals surface area contributed by atoms with E-state index in [4.69, 9.17) is 14.2 Å². The van der Waals surface area contributed by atoms with Crippen LogP contribution in [-0.4, -0.2) is 42.1 Å². The number of nitrogens with zero attached hydrogens (tertiary/aromatic N) is 2. The van der Waals surface area contributed by atoms with E-state index in [-0.39, 0.29) is 16.5 Å². The summed E-state index contributed by atoms with van der Waals surface area (Å²) < 4.78 is 31.8. The van der Waals surface area contributed by atoms with Gasteiger partial charge in [-0.15, -0.1) is 0 Å². The number of carbonyl (C=O) groups excluding carboxylic acids is 2. The molecule has 1 aliphatic heterocycles. The zero-order valence-corrected chi connectivity index (χ0v) is 25.1. The number of rotatable bonds is 12. The van der Waals surface area contributed by atoms with Crippen LogP contribution in [-0.2, 0) is 9.59 Å². The molecule has 2 heterocycles. The lowest BCUT2D eigenvalue weighted by atomic mass is 9.95. The van der Waals surface area contributed by atoms with Crippen LogP contribution in [0.25, 0.3) is 16.0 Å². The number of thiazole rings is 1. The van der Waals surface area contributed by atoms with E-state index in [2.05, 4.69) is 11.9 Å². The van der Waals surface area contributed by atoms with E-state index >= 15 is 0 Å². The average Bonchev–Trinajstić information content (AvgIpc) is 3.55. The van der Waals surface area contributed by atoms with Gasteiger partial charge in [0.15, 0.2) is 16.6 Å². The monoisotopic (exact) mass is 604 g/mol. The molecule has 43 heavy (non-hydrogen) atoms. The molecule has 8 nitrogen and oxygen atoms in total. The maximum absolute atomic E-state index is 14.0. The van der Waals surface area contributed by atoms with Crippen LogP contribution in [0.1, 0.15) is 56.7 Å². The molecule has 0 aliphatic carbocycles. The summed E-state index contributed by atoms with van der Waals surface area (Å²) >= 11 is 1.08. The first kappa shape index (κ1) is 30.0. The number of amides is 1. The molecule has 1 N–H and O–H groups in total. The van der Waals surface area contributed by atoms with Gasteiger partial charge < -0.3 is 19.3 Å². The first-order valence-corrected chi connectivity index (χ1v) is 15.1. The molecule has 0 saturated carbocycles. The van der Waals surface area contributed by atoms with Gasteiger partial charge in [0.1, 0.15) is 17.3 Å². The Morgan fingerprint density at radius 3 is 2.58 bits per heavy atom. The number of hydrogen-bond acceptors (Lipinski definition) is 8. The summed E-state index contributed by atoms with van der Waals surface area (Å²) in [6, 6.07) is 15.0. The van der Waals surface area contributed by atoms with Gasteiger partial charge >= 0.3 is 5.91 Å². The van der Waals surface area contributed by atoms with Crippen molar-refractivity contribution in [3.63, 3.8) is 0 Å². The van der Waals surface area contributed by atoms with E-state index in [1.54, 1.807) is 42.5 Å². The number of aliphatic hydroxyl groups excluding tert-OH is 1. The number of aliphatic hydroxyl groups is 1. The summed E-state index contributed by atoms with van der Waals surface area (Å²) in [6.45, 7) is 5.10. The number of methoxy groups -OCH3 is 1. The number of benzene rings is 3. The van der Waals surface area contributed by atoms with Crippen LogP contribution < -0.4 is 19.1 Å². The maximum Gasteiger partial charge on any atom is 0.301 e. The van der Waals surface area contributed by atoms with Crippen LogP contribution in [0, 0.1) is 5.82 Å². The lowest BCUT2D eigenvalue weighted by Gasteiger charge is -2.24. The summed E-state index contributed by atoms with van der Waals surface area (Å²) in [5.74, 6) is -1.05. The molecule has 1 fully saturated rings. The second-order valence-corrected chi connectivity index (χ2v) is 11.1. The van der Waals surface area contributed by atoms with E-state index in [1.165, 1.54) is 30.2 Å². The molecular formula is C33H33FN2O6S. The highest BCUT2D eigenvalue weighted by Gasteiger charge is 2.48. The number of unbranched alkanes of at least 4 members (excludes halogenated alkanes) is 2. The van der Waals surface area contributed by atoms with Crippen LogP contribution in [0.2, 0.25) is 0 Å². The van der Waals surface area contributed by atoms with Gasteiger partial charge in [0.25, 0.3) is 5.78 Å². The third kappa shape index (κ3) is 6.19. The molecule has 1 unspecified atom stereocenters. The number of fused-ring (bicyclic) bond motifs is 1. The van der Waals surface area contributed by atoms with Gasteiger partial charge in [0.2, 0.25) is 0 Å². The molecule has 1 aromatic heterocycles. The molecule has 0 spiro atoms. The fraction of sp³-hybridized carbons (Fsp3) is 0.303. The molecule has 0 bridgehead atoms. The summed E-state index contributed by atoms with van der Waals surface area (Å²) in [5, 5.41) is 11.8. The van der Waals surface area contributed by atoms with Crippen molar-refractivity contribution in [2.45, 2.75) is 45.6 Å². The van der Waals surface area contributed by atoms with Crippen LogP contribution >= 0.6 is 11.3 Å². The first-order chi connectivity index (χ1) is 20.9. The Morgan fingerprint density at radius 1 is 0.977 bits per heavy atom. The van der Waals surface area contributed by atoms with Crippen molar-refractivity contribution in [2.75, 3.05) is 25.2 Å². The fourth-order valence-electron chi connectivity index (χ4n) is 4.95. The van der Waals surface area contributed by atoms with E-state index in [0.717, 1.165) is 37.0 Å². The topological polar surface area (TPSA) is 98.2 Å². The second kappa shape index (κ2) is 13.2. The lowest BCUT2D eigenvalue weighted by Crippen LogP contribution is -2.29. The molecule has 5 rings (SSSR count). The Hall–Kier alpha value is -4.44. The number of halogens is 1. The third-order valence-corrected chi connectivity index (χ3v) is 8.10. The summed E-state index contributed by atoms with van der Waals surface area (Å²) in [6.07, 6.45) is 3.78. The molecule has 1 amide bonds. The Labute approximate surface area is 253 Å². The number of Topliss-reactive ketones (excluding diaryl/α,β-unsaturated/α-hetero) is 1. The van der Waals surface area contributed by atoms with E-state index in [9.17, 15) is 19.1 Å². The zero-order chi connectivity index (χ0) is 30.5. The molecule has 4 aromatic rings. The second-order valence-electron chi connectivity index (χ2n) is 10.1. The van der Waals surface area contributed by atoms with Crippen LogP contribution in [0.4, 0.5) is 9.52 Å². The number of anilines is 1. The maximum atomic E-state index is 14.0. The molecule has 10 heteroatoms. The van der Waals surface area contributed by atoms with Crippen molar-refractivity contribution in [3.8, 4) is 17.2 Å². The van der Waals surface area contributed by atoms with Gasteiger partial charge in [-0.2, -0.15) is 0 Å². The predicted molar refractivity (Wildman–Crippen MR) is 165 cm³/mol. The summed E-state index contributed by atoms with van der Waals surface area (Å²) in [7, 11) is 1.51. The number of aromatic nitrogens is 1. The minimum atomic E-state index is -1.05. The molecular weight excluding hydrogens is 571 g/mol. The van der Waals surface area contributed by atoms with Gasteiger partial charge in [0, 0.05) is 5.56 Å². The average molecular weight is 605 g/mol. The quantitative estimate of drug-likeness (QED) is 0.0777. The normalized spacial score (nSPS) is 16.2. The summed E-state index contributed by atoms with van der Waals surface area (Å²) in [4.78, 5) is 33.1. The molecule has 1 aliphatic rings. The molecule has 224 valence electrons. The van der Waals surface area contributed by atoms with Crippen molar-refractivity contribution in [1.82, 2.24) is 4.98 Å². The number of ether oxygens (including phenoxy) is 3. The van der Waals surface area contributed by atoms with Crippen molar-refractivity contribution in [1.29, 1.82) is 0 Å². The Balaban J connectivity index is 1.64. The highest BCUT2D eigenvalue weighted by atomic mass is 32.1. The number of hydrogen-bond donors (Lipinski definition) is 1. The van der Waals surface area contributed by atoms with E-state index in [1.807, 2.05) is 6.92 Å². The van der Waals surface area contributed by atoms with Gasteiger partial charge in [-0.1, -0.05) is 56.2 Å². The highest BCUT2D eigenvalue weighted by molar-refractivity contribution is 7.22. The standard InChI is InChI=1S/C33H33FN2O6S/c1-4-6-7-16-42-25-14-11-20(18-26(25)40-3)29-28(30(37)21-9-8-10-23(17-21)41-15-5-2)31(38)32(39)36(29)33-35-24-13-12-22(34)19-27(24)43-33/h8-14,17-19,29,37H,4-7,15-16H2,1-3H3. The Kier molecular flexibility index (Phi) is 9.25. The largest absolute Gasteiger partial charge is 0.507 e. The SMILES string of the molecule is CCCCCOc1ccc(C2C(=C(O)c3cccc(OCCC)c3)C(=O)C(=O)N2c2nc3ccc(F)cc3s2)cc1OC. The molecule has 1 saturated heterocycles. The minimum Gasteiger partial charge on any atom is -0.507 e. The van der Waals surface area contributed by atoms with Crippen molar-refractivity contribution in [2.24, 2.45) is 0 Å². The minimum absolute atomic E-state index is 0.109. The summed E-state index contributed by atoms with van der Waals surface area (Å²) in [5.41, 5.74) is 1.20. The Bertz CT molecular complexity index is 1680. The number of ketones is 1. The van der Waals surface area contributed by atoms with Gasteiger partial charge in [-0.25, -0.2) is 9.37 Å². The zero-order valence-electron chi connectivity index (χ0n) is 24.3. The highest BCUT2D eigenvalue weighted by Crippen LogP contribution is 2.46. The lowest BCUT2D eigenvalue weighted by molar-refractivity contribution is -0.132. The van der Waals surface area contributed by atoms with Gasteiger partial charge in [0.05, 0.1) is 42.2 Å². The van der Waals surface area contributed by atoms with Gasteiger partial charge in [-0.05, 0) is 60.9 Å². The smallest absolute Gasteiger partial charge is 0.301 e. The molecule has 0 radical (unpaired) electrons. The van der Waals surface area contributed by atoms with Crippen LogP contribution in [0.5, 0.6) is 17.2 Å². The van der Waals surface area contributed by atoms with E-state index in [0.29, 0.717) is 51.8 Å². The Morgan fingerprint density at radius 2 is 1.81 bits per heavy atom. The number of carbonyl (C=O) groups is 2. The molecule has 1 atom stereocenters. The van der Waals surface area contributed by atoms with Crippen molar-refractivity contribution < 1.29 is 33.3 Å².